The van der Waals surface area contributed by atoms with Crippen LogP contribution in [0, 0.1) is 6.92 Å². The van der Waals surface area contributed by atoms with E-state index in [9.17, 15) is 0 Å². The summed E-state index contributed by atoms with van der Waals surface area (Å²) in [7, 11) is 1.96. The lowest BCUT2D eigenvalue weighted by Crippen LogP contribution is -2.25. The third kappa shape index (κ3) is 3.45. The molecule has 1 N–H and O–H groups in total. The summed E-state index contributed by atoms with van der Waals surface area (Å²) in [6.45, 7) is 3.65. The minimum absolute atomic E-state index is 0.243. The van der Waals surface area contributed by atoms with Gasteiger partial charge in [0.2, 0.25) is 0 Å². The Balaban J connectivity index is 1.78. The van der Waals surface area contributed by atoms with Crippen molar-refractivity contribution in [1.29, 1.82) is 0 Å². The molecule has 94 valence electrons. The second-order valence-electron chi connectivity index (χ2n) is 4.59. The van der Waals surface area contributed by atoms with Crippen LogP contribution >= 0.6 is 0 Å². The molecule has 0 saturated carbocycles. The molecule has 1 saturated heterocycles. The van der Waals surface area contributed by atoms with Crippen molar-refractivity contribution < 1.29 is 9.47 Å². The summed E-state index contributed by atoms with van der Waals surface area (Å²) < 4.78 is 11.7. The van der Waals surface area contributed by atoms with Crippen molar-refractivity contribution >= 4 is 0 Å². The van der Waals surface area contributed by atoms with E-state index in [0.29, 0.717) is 12.7 Å². The Morgan fingerprint density at radius 1 is 1.29 bits per heavy atom. The molecule has 2 rings (SSSR count). The Hall–Kier alpha value is -1.06. The van der Waals surface area contributed by atoms with Crippen LogP contribution in [0.1, 0.15) is 18.4 Å². The zero-order valence-corrected chi connectivity index (χ0v) is 10.6. The van der Waals surface area contributed by atoms with Gasteiger partial charge in [0.25, 0.3) is 0 Å². The van der Waals surface area contributed by atoms with Crippen LogP contribution in [0.5, 0.6) is 5.75 Å². The van der Waals surface area contributed by atoms with Crippen LogP contribution < -0.4 is 10.1 Å². The van der Waals surface area contributed by atoms with E-state index in [1.807, 2.05) is 25.2 Å². The van der Waals surface area contributed by atoms with E-state index in [4.69, 9.17) is 9.47 Å². The van der Waals surface area contributed by atoms with E-state index < -0.39 is 0 Å². The number of para-hydroxylation sites is 1. The van der Waals surface area contributed by atoms with Crippen molar-refractivity contribution in [3.63, 3.8) is 0 Å². The molecule has 17 heavy (non-hydrogen) atoms. The van der Waals surface area contributed by atoms with Gasteiger partial charge in [0.1, 0.15) is 12.4 Å². The smallest absolute Gasteiger partial charge is 0.122 e. The summed E-state index contributed by atoms with van der Waals surface area (Å²) in [6, 6.07) is 8.10. The molecule has 0 aliphatic carbocycles. The quantitative estimate of drug-likeness (QED) is 0.848. The first kappa shape index (κ1) is 12.4. The summed E-state index contributed by atoms with van der Waals surface area (Å²) in [4.78, 5) is 0. The number of ether oxygens (including phenoxy) is 2. The highest BCUT2D eigenvalue weighted by Crippen LogP contribution is 2.22. The summed E-state index contributed by atoms with van der Waals surface area (Å²) in [5.41, 5.74) is 1.18. The van der Waals surface area contributed by atoms with Crippen LogP contribution in [0.25, 0.3) is 0 Å². The number of likely N-dealkylation sites (N-methyl/N-ethyl adjacent to an activating group) is 1. The highest BCUT2D eigenvalue weighted by Gasteiger charge is 2.25. The number of aryl methyl sites for hydroxylation is 1. The van der Waals surface area contributed by atoms with Gasteiger partial charge in [0, 0.05) is 6.54 Å². The van der Waals surface area contributed by atoms with Gasteiger partial charge >= 0.3 is 0 Å². The summed E-state index contributed by atoms with van der Waals surface area (Å²) in [5.74, 6) is 0.966. The highest BCUT2D eigenvalue weighted by atomic mass is 16.5. The minimum Gasteiger partial charge on any atom is -0.491 e. The van der Waals surface area contributed by atoms with Crippen molar-refractivity contribution in [3.05, 3.63) is 29.8 Å². The van der Waals surface area contributed by atoms with Crippen LogP contribution in [0.2, 0.25) is 0 Å². The molecule has 2 unspecified atom stereocenters. The minimum atomic E-state index is 0.243. The van der Waals surface area contributed by atoms with Gasteiger partial charge in [-0.25, -0.2) is 0 Å². The van der Waals surface area contributed by atoms with Gasteiger partial charge in [-0.2, -0.15) is 0 Å². The van der Waals surface area contributed by atoms with Crippen molar-refractivity contribution in [2.24, 2.45) is 0 Å². The predicted molar refractivity (Wildman–Crippen MR) is 68.5 cm³/mol. The molecule has 3 nitrogen and oxygen atoms in total. The SMILES string of the molecule is CNCC1CCC(COc2ccccc2C)O1. The lowest BCUT2D eigenvalue weighted by molar-refractivity contribution is 0.0192. The van der Waals surface area contributed by atoms with Crippen molar-refractivity contribution in [2.45, 2.75) is 32.0 Å². The highest BCUT2D eigenvalue weighted by molar-refractivity contribution is 5.31. The van der Waals surface area contributed by atoms with Crippen LogP contribution in [0.4, 0.5) is 0 Å². The van der Waals surface area contributed by atoms with E-state index in [-0.39, 0.29) is 6.10 Å². The predicted octanol–water partition coefficient (Wildman–Crippen LogP) is 2.14. The Morgan fingerprint density at radius 3 is 2.82 bits per heavy atom. The summed E-state index contributed by atoms with van der Waals surface area (Å²) in [5, 5.41) is 3.15. The third-order valence-corrected chi connectivity index (χ3v) is 3.15. The van der Waals surface area contributed by atoms with Gasteiger partial charge in [-0.3, -0.25) is 0 Å². The van der Waals surface area contributed by atoms with E-state index in [1.54, 1.807) is 0 Å². The van der Waals surface area contributed by atoms with Gasteiger partial charge in [0.15, 0.2) is 0 Å². The fraction of sp³-hybridized carbons (Fsp3) is 0.571. The first-order chi connectivity index (χ1) is 8.29. The van der Waals surface area contributed by atoms with Crippen LogP contribution in [0.3, 0.4) is 0 Å². The Kier molecular flexibility index (Phi) is 4.40. The zero-order chi connectivity index (χ0) is 12.1. The largest absolute Gasteiger partial charge is 0.491 e. The standard InChI is InChI=1S/C14H21NO2/c1-11-5-3-4-6-14(11)16-10-13-8-7-12(17-13)9-15-2/h3-6,12-13,15H,7-10H2,1-2H3. The molecular weight excluding hydrogens is 214 g/mol. The van der Waals surface area contributed by atoms with Gasteiger partial charge < -0.3 is 14.8 Å². The molecule has 1 fully saturated rings. The molecule has 0 amide bonds. The molecule has 0 bridgehead atoms. The molecule has 3 heteroatoms. The normalized spacial score (nSPS) is 23.9. The number of nitrogens with one attached hydrogen (secondary N) is 1. The number of hydrogen-bond acceptors (Lipinski definition) is 3. The molecule has 1 aromatic carbocycles. The number of rotatable bonds is 5. The number of hydrogen-bond donors (Lipinski definition) is 1. The first-order valence-corrected chi connectivity index (χ1v) is 6.28. The Bertz CT molecular complexity index is 354. The monoisotopic (exact) mass is 235 g/mol. The second-order valence-corrected chi connectivity index (χ2v) is 4.59. The van der Waals surface area contributed by atoms with Crippen LogP contribution in [0.15, 0.2) is 24.3 Å². The molecule has 1 aliphatic rings. The molecule has 2 atom stereocenters. The van der Waals surface area contributed by atoms with Crippen LogP contribution in [-0.2, 0) is 4.74 Å². The maximum Gasteiger partial charge on any atom is 0.122 e. The van der Waals surface area contributed by atoms with E-state index in [1.165, 1.54) is 5.56 Å². The van der Waals surface area contributed by atoms with E-state index in [2.05, 4.69) is 18.3 Å². The van der Waals surface area contributed by atoms with Crippen molar-refractivity contribution in [2.75, 3.05) is 20.2 Å². The molecule has 1 aromatic rings. The lowest BCUT2D eigenvalue weighted by atomic mass is 10.2. The van der Waals surface area contributed by atoms with Crippen molar-refractivity contribution in [3.8, 4) is 5.75 Å². The molecule has 1 heterocycles. The average Bonchev–Trinajstić information content (AvgIpc) is 2.76. The maximum atomic E-state index is 5.88. The topological polar surface area (TPSA) is 30.5 Å². The first-order valence-electron chi connectivity index (χ1n) is 6.28. The van der Waals surface area contributed by atoms with Gasteiger partial charge in [-0.1, -0.05) is 18.2 Å². The fourth-order valence-electron chi connectivity index (χ4n) is 2.18. The molecular formula is C14H21NO2. The summed E-state index contributed by atoms with van der Waals surface area (Å²) in [6.07, 6.45) is 2.82. The molecule has 0 aromatic heterocycles. The molecule has 1 aliphatic heterocycles. The zero-order valence-electron chi connectivity index (χ0n) is 10.6. The Labute approximate surface area is 103 Å². The molecule has 0 radical (unpaired) electrons. The van der Waals surface area contributed by atoms with Gasteiger partial charge in [0.05, 0.1) is 12.2 Å². The van der Waals surface area contributed by atoms with Gasteiger partial charge in [-0.15, -0.1) is 0 Å². The lowest BCUT2D eigenvalue weighted by Gasteiger charge is -2.15. The van der Waals surface area contributed by atoms with E-state index >= 15 is 0 Å². The fourth-order valence-corrected chi connectivity index (χ4v) is 2.18. The maximum absolute atomic E-state index is 5.88. The van der Waals surface area contributed by atoms with Crippen LogP contribution in [-0.4, -0.2) is 32.4 Å². The number of benzene rings is 1. The third-order valence-electron chi connectivity index (χ3n) is 3.15. The Morgan fingerprint density at radius 2 is 2.06 bits per heavy atom. The van der Waals surface area contributed by atoms with E-state index in [0.717, 1.165) is 25.1 Å². The summed E-state index contributed by atoms with van der Waals surface area (Å²) >= 11 is 0. The van der Waals surface area contributed by atoms with Gasteiger partial charge in [-0.05, 0) is 38.4 Å². The molecule has 0 spiro atoms. The second kappa shape index (κ2) is 6.03. The average molecular weight is 235 g/mol. The van der Waals surface area contributed by atoms with Crippen molar-refractivity contribution in [1.82, 2.24) is 5.32 Å².